The van der Waals surface area contributed by atoms with Crippen molar-refractivity contribution in [3.63, 3.8) is 0 Å². The van der Waals surface area contributed by atoms with Gasteiger partial charge in [-0.3, -0.25) is 0 Å². The molecular formula is C22H33N5. The monoisotopic (exact) mass is 367 g/mol. The molecule has 3 rings (SSSR count). The average molecular weight is 368 g/mol. The molecule has 1 saturated carbocycles. The van der Waals surface area contributed by atoms with Crippen molar-refractivity contribution >= 4 is 22.7 Å². The maximum absolute atomic E-state index is 4.77. The smallest absolute Gasteiger partial charge is 0.225 e. The zero-order valence-electron chi connectivity index (χ0n) is 16.7. The maximum atomic E-state index is 4.77. The SMILES string of the molecule is C=CCCCCNC1CCC(Nc2nc(N(C)C)c3ccccc3n2)CC1. The summed E-state index contributed by atoms with van der Waals surface area (Å²) in [5.74, 6) is 1.72. The molecule has 2 aromatic rings. The molecule has 0 spiro atoms. The summed E-state index contributed by atoms with van der Waals surface area (Å²) in [6, 6.07) is 9.33. The van der Waals surface area contributed by atoms with Gasteiger partial charge in [0.1, 0.15) is 5.82 Å². The van der Waals surface area contributed by atoms with Gasteiger partial charge in [-0.05, 0) is 63.6 Å². The van der Waals surface area contributed by atoms with Crippen LogP contribution in [0.1, 0.15) is 44.9 Å². The van der Waals surface area contributed by atoms with E-state index in [4.69, 9.17) is 9.97 Å². The second-order valence-electron chi connectivity index (χ2n) is 7.71. The highest BCUT2D eigenvalue weighted by Gasteiger charge is 2.21. The van der Waals surface area contributed by atoms with Gasteiger partial charge in [-0.1, -0.05) is 18.2 Å². The number of benzene rings is 1. The zero-order valence-corrected chi connectivity index (χ0v) is 16.7. The van der Waals surface area contributed by atoms with Crippen molar-refractivity contribution in [3.8, 4) is 0 Å². The molecule has 0 aliphatic heterocycles. The quantitative estimate of drug-likeness (QED) is 0.509. The van der Waals surface area contributed by atoms with Gasteiger partial charge in [-0.15, -0.1) is 6.58 Å². The Bertz CT molecular complexity index is 735. The predicted molar refractivity (Wildman–Crippen MR) is 116 cm³/mol. The minimum Gasteiger partial charge on any atom is -0.362 e. The van der Waals surface area contributed by atoms with Crippen molar-refractivity contribution in [3.05, 3.63) is 36.9 Å². The third kappa shape index (κ3) is 5.42. The minimum absolute atomic E-state index is 0.458. The number of allylic oxidation sites excluding steroid dienone is 1. The first-order valence-corrected chi connectivity index (χ1v) is 10.2. The fourth-order valence-corrected chi connectivity index (χ4v) is 3.81. The number of anilines is 2. The molecule has 1 aliphatic carbocycles. The van der Waals surface area contributed by atoms with Gasteiger partial charge < -0.3 is 15.5 Å². The van der Waals surface area contributed by atoms with Gasteiger partial charge in [0.2, 0.25) is 5.95 Å². The number of unbranched alkanes of at least 4 members (excludes halogenated alkanes) is 2. The normalized spacial score (nSPS) is 19.8. The fourth-order valence-electron chi connectivity index (χ4n) is 3.81. The third-order valence-electron chi connectivity index (χ3n) is 5.34. The summed E-state index contributed by atoms with van der Waals surface area (Å²) in [6.07, 6.45) is 10.4. The largest absolute Gasteiger partial charge is 0.362 e. The Balaban J connectivity index is 1.54. The molecule has 1 aliphatic rings. The van der Waals surface area contributed by atoms with Crippen LogP contribution in [-0.4, -0.2) is 42.7 Å². The molecule has 5 heteroatoms. The molecule has 0 radical (unpaired) electrons. The lowest BCUT2D eigenvalue weighted by molar-refractivity contribution is 0.351. The molecule has 5 nitrogen and oxygen atoms in total. The predicted octanol–water partition coefficient (Wildman–Crippen LogP) is 4.36. The van der Waals surface area contributed by atoms with Crippen molar-refractivity contribution in [2.75, 3.05) is 30.9 Å². The molecule has 1 aromatic heterocycles. The highest BCUT2D eigenvalue weighted by molar-refractivity contribution is 5.90. The van der Waals surface area contributed by atoms with Crippen LogP contribution in [-0.2, 0) is 0 Å². The molecule has 0 unspecified atom stereocenters. The van der Waals surface area contributed by atoms with Crippen LogP contribution in [0.15, 0.2) is 36.9 Å². The van der Waals surface area contributed by atoms with Crippen LogP contribution in [0.3, 0.4) is 0 Å². The zero-order chi connectivity index (χ0) is 19.1. The molecule has 146 valence electrons. The molecule has 0 amide bonds. The number of nitrogens with zero attached hydrogens (tertiary/aromatic N) is 3. The van der Waals surface area contributed by atoms with Gasteiger partial charge >= 0.3 is 0 Å². The van der Waals surface area contributed by atoms with E-state index in [1.54, 1.807) is 0 Å². The molecule has 0 atom stereocenters. The van der Waals surface area contributed by atoms with Crippen LogP contribution in [0, 0.1) is 0 Å². The number of nitrogens with one attached hydrogen (secondary N) is 2. The number of para-hydroxylation sites is 1. The summed E-state index contributed by atoms with van der Waals surface area (Å²) in [5, 5.41) is 8.39. The molecular weight excluding hydrogens is 334 g/mol. The molecule has 1 aromatic carbocycles. The Hall–Kier alpha value is -2.14. The van der Waals surface area contributed by atoms with Crippen molar-refractivity contribution in [1.29, 1.82) is 0 Å². The molecule has 1 heterocycles. The van der Waals surface area contributed by atoms with Crippen molar-refractivity contribution in [1.82, 2.24) is 15.3 Å². The van der Waals surface area contributed by atoms with E-state index in [1.807, 2.05) is 32.3 Å². The number of hydrogen-bond acceptors (Lipinski definition) is 5. The highest BCUT2D eigenvalue weighted by atomic mass is 15.2. The van der Waals surface area contributed by atoms with E-state index in [0.29, 0.717) is 12.1 Å². The maximum Gasteiger partial charge on any atom is 0.225 e. The summed E-state index contributed by atoms with van der Waals surface area (Å²) in [7, 11) is 4.06. The van der Waals surface area contributed by atoms with E-state index in [-0.39, 0.29) is 0 Å². The Morgan fingerprint density at radius 3 is 2.56 bits per heavy atom. The fraction of sp³-hybridized carbons (Fsp3) is 0.545. The highest BCUT2D eigenvalue weighted by Crippen LogP contribution is 2.26. The van der Waals surface area contributed by atoms with Crippen molar-refractivity contribution < 1.29 is 0 Å². The lowest BCUT2D eigenvalue weighted by atomic mass is 9.91. The van der Waals surface area contributed by atoms with Crippen LogP contribution >= 0.6 is 0 Å². The first kappa shape index (κ1) is 19.6. The number of rotatable bonds is 9. The first-order chi connectivity index (χ1) is 13.2. The number of fused-ring (bicyclic) bond motifs is 1. The summed E-state index contributed by atoms with van der Waals surface area (Å²) in [5.41, 5.74) is 0.994. The molecule has 2 N–H and O–H groups in total. The van der Waals surface area contributed by atoms with Crippen LogP contribution in [0.25, 0.3) is 10.9 Å². The van der Waals surface area contributed by atoms with Gasteiger partial charge in [-0.25, -0.2) is 4.98 Å². The first-order valence-electron chi connectivity index (χ1n) is 10.2. The van der Waals surface area contributed by atoms with Crippen LogP contribution in [0.4, 0.5) is 11.8 Å². The van der Waals surface area contributed by atoms with Crippen LogP contribution in [0.2, 0.25) is 0 Å². The lowest BCUT2D eigenvalue weighted by Gasteiger charge is -2.30. The molecule has 1 fully saturated rings. The average Bonchev–Trinajstić information content (AvgIpc) is 2.68. The molecule has 27 heavy (non-hydrogen) atoms. The van der Waals surface area contributed by atoms with Crippen molar-refractivity contribution in [2.24, 2.45) is 0 Å². The minimum atomic E-state index is 0.458. The standard InChI is InChI=1S/C22H33N5/c1-4-5-6-9-16-23-17-12-14-18(15-13-17)24-22-25-20-11-8-7-10-19(20)21(26-22)27(2)3/h4,7-8,10-11,17-18,23H,1,5-6,9,12-16H2,2-3H3,(H,24,25,26). The topological polar surface area (TPSA) is 53.1 Å². The summed E-state index contributed by atoms with van der Waals surface area (Å²) >= 11 is 0. The van der Waals surface area contributed by atoms with E-state index in [0.717, 1.165) is 48.5 Å². The van der Waals surface area contributed by atoms with Crippen molar-refractivity contribution in [2.45, 2.75) is 57.0 Å². The van der Waals surface area contributed by atoms with Gasteiger partial charge in [0.25, 0.3) is 0 Å². The summed E-state index contributed by atoms with van der Waals surface area (Å²) in [6.45, 7) is 4.90. The van der Waals surface area contributed by atoms with Crippen LogP contribution < -0.4 is 15.5 Å². The van der Waals surface area contributed by atoms with Gasteiger partial charge in [-0.2, -0.15) is 4.98 Å². The Morgan fingerprint density at radius 1 is 1.07 bits per heavy atom. The summed E-state index contributed by atoms with van der Waals surface area (Å²) in [4.78, 5) is 11.6. The van der Waals surface area contributed by atoms with Gasteiger partial charge in [0.15, 0.2) is 0 Å². The van der Waals surface area contributed by atoms with E-state index in [9.17, 15) is 0 Å². The number of aromatic nitrogens is 2. The second-order valence-corrected chi connectivity index (χ2v) is 7.71. The Morgan fingerprint density at radius 2 is 1.81 bits per heavy atom. The Kier molecular flexibility index (Phi) is 7.04. The van der Waals surface area contributed by atoms with Crippen LogP contribution in [0.5, 0.6) is 0 Å². The molecule has 0 saturated heterocycles. The lowest BCUT2D eigenvalue weighted by Crippen LogP contribution is -2.37. The molecule has 0 bridgehead atoms. The van der Waals surface area contributed by atoms with E-state index >= 15 is 0 Å². The second kappa shape index (κ2) is 9.70. The van der Waals surface area contributed by atoms with E-state index < -0.39 is 0 Å². The number of hydrogen-bond donors (Lipinski definition) is 2. The third-order valence-corrected chi connectivity index (χ3v) is 5.34. The van der Waals surface area contributed by atoms with E-state index in [1.165, 1.54) is 25.7 Å². The van der Waals surface area contributed by atoms with E-state index in [2.05, 4.69) is 34.2 Å². The Labute approximate surface area is 163 Å². The van der Waals surface area contributed by atoms with Gasteiger partial charge in [0.05, 0.1) is 5.52 Å². The van der Waals surface area contributed by atoms with Gasteiger partial charge in [0, 0.05) is 31.6 Å². The summed E-state index contributed by atoms with van der Waals surface area (Å²) < 4.78 is 0.